The number of aliphatic hydroxyl groups is 1. The normalized spacial score (nSPS) is 33.6. The van der Waals surface area contributed by atoms with Gasteiger partial charge >= 0.3 is 0 Å². The van der Waals surface area contributed by atoms with Crippen LogP contribution in [0.15, 0.2) is 24.3 Å². The molecule has 0 amide bonds. The van der Waals surface area contributed by atoms with E-state index in [9.17, 15) is 13.5 Å². The van der Waals surface area contributed by atoms with Crippen molar-refractivity contribution < 1.29 is 13.5 Å². The molecular formula is C8H13NO3S. The van der Waals surface area contributed by atoms with Gasteiger partial charge in [-0.25, -0.2) is 8.42 Å². The standard InChI is InChI=1S/C8H13NO3S/c1-2-13(11,12)8(9)6-4-3-5-7(8)10/h3-7,10H,2,9H2,1H3. The summed E-state index contributed by atoms with van der Waals surface area (Å²) in [6.45, 7) is 1.50. The molecule has 74 valence electrons. The van der Waals surface area contributed by atoms with Crippen LogP contribution in [0, 0.1) is 0 Å². The zero-order chi connectivity index (χ0) is 10.1. The van der Waals surface area contributed by atoms with Crippen LogP contribution in [0.3, 0.4) is 0 Å². The third kappa shape index (κ3) is 1.54. The fraction of sp³-hybridized carbons (Fsp3) is 0.500. The fourth-order valence-electron chi connectivity index (χ4n) is 1.16. The second-order valence-corrected chi connectivity index (χ2v) is 5.46. The zero-order valence-electron chi connectivity index (χ0n) is 7.34. The summed E-state index contributed by atoms with van der Waals surface area (Å²) in [5, 5.41) is 9.45. The van der Waals surface area contributed by atoms with Gasteiger partial charge in [-0.3, -0.25) is 0 Å². The molecule has 0 bridgehead atoms. The Morgan fingerprint density at radius 3 is 2.62 bits per heavy atom. The maximum Gasteiger partial charge on any atom is 0.175 e. The maximum absolute atomic E-state index is 11.5. The summed E-state index contributed by atoms with van der Waals surface area (Å²) in [6, 6.07) is 0. The van der Waals surface area contributed by atoms with Gasteiger partial charge in [0.1, 0.15) is 6.10 Å². The summed E-state index contributed by atoms with van der Waals surface area (Å²) in [7, 11) is -3.48. The molecule has 3 N–H and O–H groups in total. The van der Waals surface area contributed by atoms with Crippen molar-refractivity contribution in [1.82, 2.24) is 0 Å². The van der Waals surface area contributed by atoms with Gasteiger partial charge < -0.3 is 10.8 Å². The molecule has 0 aromatic heterocycles. The van der Waals surface area contributed by atoms with Crippen molar-refractivity contribution in [3.8, 4) is 0 Å². The van der Waals surface area contributed by atoms with Gasteiger partial charge in [0.05, 0.1) is 0 Å². The van der Waals surface area contributed by atoms with Gasteiger partial charge in [-0.1, -0.05) is 25.2 Å². The summed E-state index contributed by atoms with van der Waals surface area (Å²) in [6.07, 6.45) is 4.62. The average molecular weight is 203 g/mol. The van der Waals surface area contributed by atoms with Crippen LogP contribution in [-0.2, 0) is 9.84 Å². The minimum absolute atomic E-state index is 0.0846. The van der Waals surface area contributed by atoms with E-state index in [1.54, 1.807) is 6.08 Å². The molecule has 4 nitrogen and oxygen atoms in total. The van der Waals surface area contributed by atoms with Crippen molar-refractivity contribution >= 4 is 9.84 Å². The summed E-state index contributed by atoms with van der Waals surface area (Å²) in [4.78, 5) is -1.66. The van der Waals surface area contributed by atoms with Crippen LogP contribution >= 0.6 is 0 Å². The lowest BCUT2D eigenvalue weighted by Crippen LogP contribution is -2.56. The van der Waals surface area contributed by atoms with Gasteiger partial charge in [0, 0.05) is 5.75 Å². The van der Waals surface area contributed by atoms with Gasteiger partial charge in [0.2, 0.25) is 0 Å². The first kappa shape index (κ1) is 10.4. The predicted octanol–water partition coefficient (Wildman–Crippen LogP) is -0.437. The van der Waals surface area contributed by atoms with E-state index in [2.05, 4.69) is 0 Å². The van der Waals surface area contributed by atoms with E-state index in [-0.39, 0.29) is 5.75 Å². The molecule has 2 atom stereocenters. The number of aliphatic hydroxyl groups excluding tert-OH is 1. The Bertz CT molecular complexity index is 344. The molecule has 2 unspecified atom stereocenters. The Morgan fingerprint density at radius 1 is 1.54 bits per heavy atom. The van der Waals surface area contributed by atoms with E-state index >= 15 is 0 Å². The Kier molecular flexibility index (Phi) is 2.61. The lowest BCUT2D eigenvalue weighted by Gasteiger charge is -2.30. The van der Waals surface area contributed by atoms with E-state index in [0.29, 0.717) is 0 Å². The fourth-order valence-corrected chi connectivity index (χ4v) is 2.39. The second-order valence-electron chi connectivity index (χ2n) is 2.95. The number of sulfone groups is 1. The van der Waals surface area contributed by atoms with Crippen molar-refractivity contribution in [2.45, 2.75) is 17.9 Å². The molecular weight excluding hydrogens is 190 g/mol. The quantitative estimate of drug-likeness (QED) is 0.637. The highest BCUT2D eigenvalue weighted by molar-refractivity contribution is 7.92. The highest BCUT2D eigenvalue weighted by Gasteiger charge is 2.42. The summed E-state index contributed by atoms with van der Waals surface area (Å²) < 4.78 is 23.0. The van der Waals surface area contributed by atoms with Crippen molar-refractivity contribution in [3.05, 3.63) is 24.3 Å². The first-order valence-electron chi connectivity index (χ1n) is 3.99. The lowest BCUT2D eigenvalue weighted by atomic mass is 10.1. The Hall–Kier alpha value is -0.650. The molecule has 0 aromatic rings. The molecule has 0 aliphatic heterocycles. The molecule has 1 rings (SSSR count). The molecule has 5 heteroatoms. The maximum atomic E-state index is 11.5. The molecule has 0 heterocycles. The molecule has 0 fully saturated rings. The molecule has 0 spiro atoms. The first-order chi connectivity index (χ1) is 5.94. The largest absolute Gasteiger partial charge is 0.386 e. The average Bonchev–Trinajstić information content (AvgIpc) is 2.10. The monoisotopic (exact) mass is 203 g/mol. The molecule has 0 saturated heterocycles. The summed E-state index contributed by atoms with van der Waals surface area (Å²) in [5.74, 6) is -0.0846. The lowest BCUT2D eigenvalue weighted by molar-refractivity contribution is 0.189. The van der Waals surface area contributed by atoms with Crippen LogP contribution in [0.4, 0.5) is 0 Å². The second kappa shape index (κ2) is 3.25. The highest BCUT2D eigenvalue weighted by Crippen LogP contribution is 2.22. The van der Waals surface area contributed by atoms with Crippen LogP contribution in [0.5, 0.6) is 0 Å². The van der Waals surface area contributed by atoms with Crippen LogP contribution in [-0.4, -0.2) is 30.3 Å². The van der Waals surface area contributed by atoms with Gasteiger partial charge in [0.15, 0.2) is 14.7 Å². The number of nitrogens with two attached hydrogens (primary N) is 1. The van der Waals surface area contributed by atoms with Crippen molar-refractivity contribution in [2.75, 3.05) is 5.75 Å². The van der Waals surface area contributed by atoms with Gasteiger partial charge in [-0.05, 0) is 6.08 Å². The van der Waals surface area contributed by atoms with Crippen molar-refractivity contribution in [2.24, 2.45) is 5.73 Å². The van der Waals surface area contributed by atoms with Gasteiger partial charge in [-0.15, -0.1) is 0 Å². The van der Waals surface area contributed by atoms with Crippen molar-refractivity contribution in [3.63, 3.8) is 0 Å². The minimum atomic E-state index is -3.48. The third-order valence-electron chi connectivity index (χ3n) is 2.14. The minimum Gasteiger partial charge on any atom is -0.386 e. The predicted molar refractivity (Wildman–Crippen MR) is 50.7 cm³/mol. The van der Waals surface area contributed by atoms with Crippen molar-refractivity contribution in [1.29, 1.82) is 0 Å². The zero-order valence-corrected chi connectivity index (χ0v) is 8.16. The Morgan fingerprint density at radius 2 is 2.15 bits per heavy atom. The Labute approximate surface area is 77.7 Å². The van der Waals surface area contributed by atoms with E-state index in [1.165, 1.54) is 25.2 Å². The summed E-state index contributed by atoms with van der Waals surface area (Å²) >= 11 is 0. The topological polar surface area (TPSA) is 80.4 Å². The number of hydrogen-bond donors (Lipinski definition) is 2. The van der Waals surface area contributed by atoms with E-state index in [4.69, 9.17) is 5.73 Å². The molecule has 1 aliphatic rings. The highest BCUT2D eigenvalue weighted by atomic mass is 32.2. The van der Waals surface area contributed by atoms with E-state index in [0.717, 1.165) is 0 Å². The third-order valence-corrected chi connectivity index (χ3v) is 4.36. The van der Waals surface area contributed by atoms with Crippen LogP contribution in [0.1, 0.15) is 6.92 Å². The summed E-state index contributed by atoms with van der Waals surface area (Å²) in [5.41, 5.74) is 5.61. The molecule has 1 aliphatic carbocycles. The number of hydrogen-bond acceptors (Lipinski definition) is 4. The SMILES string of the molecule is CCS(=O)(=O)C1(N)C=CC=CC1O. The first-order valence-corrected chi connectivity index (χ1v) is 5.64. The molecule has 0 saturated carbocycles. The van der Waals surface area contributed by atoms with Gasteiger partial charge in [-0.2, -0.15) is 0 Å². The van der Waals surface area contributed by atoms with Crippen LogP contribution in [0.25, 0.3) is 0 Å². The van der Waals surface area contributed by atoms with Gasteiger partial charge in [0.25, 0.3) is 0 Å². The van der Waals surface area contributed by atoms with Crippen LogP contribution in [0.2, 0.25) is 0 Å². The smallest absolute Gasteiger partial charge is 0.175 e. The Balaban J connectivity index is 3.15. The van der Waals surface area contributed by atoms with Crippen LogP contribution < -0.4 is 5.73 Å². The molecule has 0 aromatic carbocycles. The van der Waals surface area contributed by atoms with E-state index in [1.807, 2.05) is 0 Å². The molecule has 0 radical (unpaired) electrons. The number of rotatable bonds is 2. The molecule has 13 heavy (non-hydrogen) atoms. The van der Waals surface area contributed by atoms with E-state index < -0.39 is 20.8 Å². The number of allylic oxidation sites excluding steroid dienone is 2.